The van der Waals surface area contributed by atoms with E-state index >= 15 is 0 Å². The van der Waals surface area contributed by atoms with Gasteiger partial charge in [-0.05, 0) is 42.8 Å². The van der Waals surface area contributed by atoms with E-state index in [1.165, 1.54) is 0 Å². The fourth-order valence-corrected chi connectivity index (χ4v) is 4.71. The number of halogens is 6. The van der Waals surface area contributed by atoms with Crippen molar-refractivity contribution in [3.05, 3.63) is 71.3 Å². The quantitative estimate of drug-likeness (QED) is 0.173. The van der Waals surface area contributed by atoms with E-state index < -0.39 is 12.8 Å². The molecule has 0 saturated carbocycles. The van der Waals surface area contributed by atoms with Gasteiger partial charge in [-0.2, -0.15) is 0 Å². The Kier molecular flexibility index (Phi) is 12.5. The molecule has 0 atom stereocenters. The zero-order valence-electron chi connectivity index (χ0n) is 22.8. The Morgan fingerprint density at radius 3 is 1.35 bits per heavy atom. The van der Waals surface area contributed by atoms with Gasteiger partial charge in [-0.3, -0.25) is 0 Å². The van der Waals surface area contributed by atoms with Crippen molar-refractivity contribution in [3.8, 4) is 34.5 Å². The molecule has 0 saturated heterocycles. The fraction of sp³-hybridized carbons (Fsp3) is 0.333. The highest BCUT2D eigenvalue weighted by Gasteiger charge is 2.54. The van der Waals surface area contributed by atoms with Crippen LogP contribution in [0, 0.1) is 0 Å². The first-order valence-electron chi connectivity index (χ1n) is 12.2. The highest BCUT2D eigenvalue weighted by molar-refractivity contribution is 6.50. The Hall–Kier alpha value is -3.02. The normalized spacial score (nSPS) is 12.7. The number of benzene rings is 3. The van der Waals surface area contributed by atoms with Crippen molar-refractivity contribution < 1.29 is 46.3 Å². The van der Waals surface area contributed by atoms with Gasteiger partial charge in [0.1, 0.15) is 51.2 Å². The highest BCUT2D eigenvalue weighted by atomic mass is 35.5. The van der Waals surface area contributed by atoms with Crippen molar-refractivity contribution in [1.82, 2.24) is 0 Å². The maximum absolute atomic E-state index is 9.75. The van der Waals surface area contributed by atoms with E-state index in [0.717, 1.165) is 52.7 Å². The minimum atomic E-state index is -6.00. The van der Waals surface area contributed by atoms with Gasteiger partial charge >= 0.3 is 7.25 Å². The number of hydrogen-bond donors (Lipinski definition) is 1. The predicted molar refractivity (Wildman–Crippen MR) is 149 cm³/mol. The predicted octanol–water partition coefficient (Wildman–Crippen LogP) is 6.81. The van der Waals surface area contributed by atoms with Crippen LogP contribution in [0.4, 0.5) is 17.3 Å². The van der Waals surface area contributed by atoms with Crippen LogP contribution < -0.4 is 29.0 Å². The summed E-state index contributed by atoms with van der Waals surface area (Å²) in [6, 6.07) is 17.6. The van der Waals surface area contributed by atoms with Crippen molar-refractivity contribution in [2.75, 3.05) is 40.3 Å². The SMILES string of the molecule is CCC[NH2+]C1(c2c(OC)cccc2OC)c2c(OC)cccc2Oc2cccc(OC)c21.ClCCl.F[B-](F)(F)F. The molecule has 2 N–H and O–H groups in total. The Bertz CT molecular complexity index is 1170. The average molecular weight is 608 g/mol. The monoisotopic (exact) mass is 607 g/mol. The molecule has 0 amide bonds. The van der Waals surface area contributed by atoms with E-state index in [-0.39, 0.29) is 5.34 Å². The number of rotatable bonds is 8. The first-order chi connectivity index (χ1) is 19.1. The summed E-state index contributed by atoms with van der Waals surface area (Å²) >= 11 is 9.53. The molecule has 1 aliphatic heterocycles. The fourth-order valence-electron chi connectivity index (χ4n) is 4.71. The summed E-state index contributed by atoms with van der Waals surface area (Å²) in [7, 11) is 0.712. The van der Waals surface area contributed by atoms with Gasteiger partial charge in [0.25, 0.3) is 0 Å². The summed E-state index contributed by atoms with van der Waals surface area (Å²) in [6.07, 6.45) is 0.967. The number of methoxy groups -OCH3 is 4. The Labute approximate surface area is 241 Å². The summed E-state index contributed by atoms with van der Waals surface area (Å²) in [4.78, 5) is 0. The van der Waals surface area contributed by atoms with E-state index in [1.54, 1.807) is 28.4 Å². The van der Waals surface area contributed by atoms with Crippen molar-refractivity contribution in [1.29, 1.82) is 0 Å². The number of ether oxygens (including phenoxy) is 5. The third-order valence-corrected chi connectivity index (χ3v) is 5.99. The standard InChI is InChI=1S/C26H29NO5.CH2Cl2.BF4/c1-6-16-27-26(23-17(28-2)10-7-11-18(23)29-3)24-19(30-4)12-8-14-21(24)32-22-15-9-13-20(31-5)25(22)26;2-1-3;2-1(3,4)5/h7-15,27H,6,16H2,1-5H3;1H2;/q;;-1/p+1. The van der Waals surface area contributed by atoms with Gasteiger partial charge in [0.15, 0.2) is 5.54 Å². The molecule has 1 heterocycles. The number of hydrogen-bond acceptors (Lipinski definition) is 5. The first kappa shape index (κ1) is 33.2. The Balaban J connectivity index is 0.000000621. The van der Waals surface area contributed by atoms with Crippen molar-refractivity contribution >= 4 is 30.5 Å². The molecule has 0 fully saturated rings. The molecule has 0 spiro atoms. The lowest BCUT2D eigenvalue weighted by Gasteiger charge is -2.40. The van der Waals surface area contributed by atoms with E-state index in [0.29, 0.717) is 11.5 Å². The second-order valence-corrected chi connectivity index (χ2v) is 9.01. The topological polar surface area (TPSA) is 62.8 Å². The second kappa shape index (κ2) is 15.1. The van der Waals surface area contributed by atoms with E-state index in [2.05, 4.69) is 12.2 Å². The molecular weight excluding hydrogens is 576 g/mol. The van der Waals surface area contributed by atoms with Gasteiger partial charge in [0, 0.05) is 0 Å². The third kappa shape index (κ3) is 7.38. The van der Waals surface area contributed by atoms with Gasteiger partial charge in [0.05, 0.1) is 40.3 Å². The average Bonchev–Trinajstić information content (AvgIpc) is 2.93. The Morgan fingerprint density at radius 1 is 0.700 bits per heavy atom. The van der Waals surface area contributed by atoms with Gasteiger partial charge in [0.2, 0.25) is 0 Å². The number of nitrogens with two attached hydrogens (primary N) is 1. The molecule has 1 aliphatic rings. The van der Waals surface area contributed by atoms with Gasteiger partial charge in [-0.25, -0.2) is 0 Å². The molecule has 220 valence electrons. The molecule has 0 aromatic heterocycles. The molecular formula is C27H32BCl2F4NO5. The lowest BCUT2D eigenvalue weighted by molar-refractivity contribution is -0.717. The van der Waals surface area contributed by atoms with E-state index in [1.807, 2.05) is 54.6 Å². The minimum Gasteiger partial charge on any atom is -0.496 e. The minimum absolute atomic E-state index is 0.194. The molecule has 3 aromatic carbocycles. The van der Waals surface area contributed by atoms with Crippen molar-refractivity contribution in [2.24, 2.45) is 0 Å². The molecule has 0 radical (unpaired) electrons. The molecule has 40 heavy (non-hydrogen) atoms. The third-order valence-electron chi connectivity index (χ3n) is 5.99. The van der Waals surface area contributed by atoms with Gasteiger partial charge in [-0.15, -0.1) is 23.2 Å². The van der Waals surface area contributed by atoms with Crippen molar-refractivity contribution in [3.63, 3.8) is 0 Å². The van der Waals surface area contributed by atoms with Gasteiger partial charge < -0.3 is 46.3 Å². The maximum atomic E-state index is 9.75. The molecule has 0 unspecified atom stereocenters. The van der Waals surface area contributed by atoms with Crippen LogP contribution in [0.25, 0.3) is 0 Å². The lowest BCUT2D eigenvalue weighted by Crippen LogP contribution is -2.95. The molecule has 4 rings (SSSR count). The van der Waals surface area contributed by atoms with Crippen LogP contribution in [0.15, 0.2) is 54.6 Å². The molecule has 6 nitrogen and oxygen atoms in total. The van der Waals surface area contributed by atoms with Gasteiger partial charge in [-0.1, -0.05) is 25.1 Å². The van der Waals surface area contributed by atoms with Crippen LogP contribution in [0.5, 0.6) is 34.5 Å². The summed E-state index contributed by atoms with van der Waals surface area (Å²) in [5.41, 5.74) is 1.89. The van der Waals surface area contributed by atoms with Crippen LogP contribution in [0.2, 0.25) is 0 Å². The molecule has 0 bridgehead atoms. The molecule has 13 heteroatoms. The van der Waals surface area contributed by atoms with Crippen LogP contribution in [-0.4, -0.2) is 47.6 Å². The molecule has 3 aromatic rings. The van der Waals surface area contributed by atoms with E-state index in [4.69, 9.17) is 46.9 Å². The number of alkyl halides is 2. The number of quaternary nitrogens is 1. The Morgan fingerprint density at radius 2 is 1.02 bits per heavy atom. The smallest absolute Gasteiger partial charge is 0.496 e. The summed E-state index contributed by atoms with van der Waals surface area (Å²) in [6.45, 7) is 3.01. The zero-order valence-corrected chi connectivity index (χ0v) is 24.3. The lowest BCUT2D eigenvalue weighted by atomic mass is 9.73. The van der Waals surface area contributed by atoms with Crippen LogP contribution in [0.1, 0.15) is 30.0 Å². The second-order valence-electron chi connectivity index (χ2n) is 8.20. The number of fused-ring (bicyclic) bond motifs is 2. The van der Waals surface area contributed by atoms with Crippen LogP contribution in [-0.2, 0) is 5.54 Å². The zero-order chi connectivity index (χ0) is 29.9. The van der Waals surface area contributed by atoms with Crippen LogP contribution >= 0.6 is 23.2 Å². The maximum Gasteiger partial charge on any atom is 0.673 e. The first-order valence-corrected chi connectivity index (χ1v) is 13.2. The summed E-state index contributed by atoms with van der Waals surface area (Å²) < 4.78 is 69.0. The summed E-state index contributed by atoms with van der Waals surface area (Å²) in [5.74, 6) is 4.33. The van der Waals surface area contributed by atoms with Crippen molar-refractivity contribution in [2.45, 2.75) is 18.9 Å². The highest BCUT2D eigenvalue weighted by Crippen LogP contribution is 2.57. The largest absolute Gasteiger partial charge is 0.673 e. The van der Waals surface area contributed by atoms with Crippen LogP contribution in [0.3, 0.4) is 0 Å². The van der Waals surface area contributed by atoms with E-state index in [9.17, 15) is 17.3 Å². The summed E-state index contributed by atoms with van der Waals surface area (Å²) in [5, 5.41) is 2.50. The molecule has 0 aliphatic carbocycles.